The highest BCUT2D eigenvalue weighted by atomic mass is 79.9. The van der Waals surface area contributed by atoms with E-state index in [1.54, 1.807) is 22.9 Å². The molecular formula is C11H11BrN4O2. The highest BCUT2D eigenvalue weighted by Crippen LogP contribution is 2.25. The highest BCUT2D eigenvalue weighted by molar-refractivity contribution is 9.10. The number of aromatic nitrogens is 2. The minimum Gasteiger partial charge on any atom is -0.383 e. The van der Waals surface area contributed by atoms with E-state index in [1.807, 2.05) is 6.92 Å². The normalized spacial score (nSPS) is 10.6. The Bertz CT molecular complexity index is 609. The average molecular weight is 311 g/mol. The number of hydrogen-bond acceptors (Lipinski definition) is 4. The summed E-state index contributed by atoms with van der Waals surface area (Å²) in [5.74, 6) is 0.464. The first-order chi connectivity index (χ1) is 8.50. The molecule has 0 atom stereocenters. The standard InChI is InChI=1S/C11H11BrN4O2/c1-7-10(12)11(13)15(14-7)6-8-4-2-3-5-9(8)16(17)18/h2-5H,6,13H2,1H3. The lowest BCUT2D eigenvalue weighted by Gasteiger charge is -2.05. The molecule has 2 rings (SSSR count). The van der Waals surface area contributed by atoms with Crippen LogP contribution in [-0.2, 0) is 6.54 Å². The fourth-order valence-corrected chi connectivity index (χ4v) is 1.97. The first-order valence-electron chi connectivity index (χ1n) is 5.21. The second-order valence-electron chi connectivity index (χ2n) is 3.83. The van der Waals surface area contributed by atoms with Crippen LogP contribution in [0.1, 0.15) is 11.3 Å². The summed E-state index contributed by atoms with van der Waals surface area (Å²) >= 11 is 3.32. The summed E-state index contributed by atoms with van der Waals surface area (Å²) in [6, 6.07) is 6.55. The molecule has 1 heterocycles. The second-order valence-corrected chi connectivity index (χ2v) is 4.62. The quantitative estimate of drug-likeness (QED) is 0.697. The third kappa shape index (κ3) is 2.21. The second kappa shape index (κ2) is 4.77. The minimum absolute atomic E-state index is 0.0705. The van der Waals surface area contributed by atoms with Crippen molar-refractivity contribution < 1.29 is 4.92 Å². The number of hydrogen-bond donors (Lipinski definition) is 1. The van der Waals surface area contributed by atoms with Gasteiger partial charge in [-0.15, -0.1) is 0 Å². The summed E-state index contributed by atoms with van der Waals surface area (Å²) < 4.78 is 2.27. The minimum atomic E-state index is -0.406. The Morgan fingerprint density at radius 1 is 1.50 bits per heavy atom. The zero-order valence-corrected chi connectivity index (χ0v) is 11.2. The SMILES string of the molecule is Cc1nn(Cc2ccccc2[N+](=O)[O-])c(N)c1Br. The molecule has 0 amide bonds. The van der Waals surface area contributed by atoms with Crippen molar-refractivity contribution >= 4 is 27.4 Å². The maximum Gasteiger partial charge on any atom is 0.274 e. The molecule has 1 aromatic carbocycles. The Balaban J connectivity index is 2.40. The molecular weight excluding hydrogens is 300 g/mol. The Labute approximate surface area is 112 Å². The number of aryl methyl sites for hydroxylation is 1. The molecule has 2 N–H and O–H groups in total. The maximum absolute atomic E-state index is 10.9. The average Bonchev–Trinajstić information content (AvgIpc) is 2.57. The summed E-state index contributed by atoms with van der Waals surface area (Å²) in [6.07, 6.45) is 0. The number of nitrogen functional groups attached to an aromatic ring is 1. The third-order valence-corrected chi connectivity index (χ3v) is 3.58. The molecule has 0 bridgehead atoms. The number of anilines is 1. The van der Waals surface area contributed by atoms with E-state index in [-0.39, 0.29) is 12.2 Å². The summed E-state index contributed by atoms with van der Waals surface area (Å²) in [4.78, 5) is 10.5. The first-order valence-corrected chi connectivity index (χ1v) is 6.00. The summed E-state index contributed by atoms with van der Waals surface area (Å²) in [5.41, 5.74) is 7.26. The van der Waals surface area contributed by atoms with Gasteiger partial charge < -0.3 is 5.73 Å². The summed E-state index contributed by atoms with van der Waals surface area (Å²) in [7, 11) is 0. The van der Waals surface area contributed by atoms with Crippen molar-refractivity contribution in [3.8, 4) is 0 Å². The van der Waals surface area contributed by atoms with Crippen molar-refractivity contribution in [2.75, 3.05) is 5.73 Å². The molecule has 18 heavy (non-hydrogen) atoms. The monoisotopic (exact) mass is 310 g/mol. The Morgan fingerprint density at radius 3 is 2.72 bits per heavy atom. The lowest BCUT2D eigenvalue weighted by Crippen LogP contribution is -2.07. The Kier molecular flexibility index (Phi) is 3.33. The summed E-state index contributed by atoms with van der Waals surface area (Å²) in [5, 5.41) is 15.1. The van der Waals surface area contributed by atoms with Crippen molar-refractivity contribution in [2.24, 2.45) is 0 Å². The van der Waals surface area contributed by atoms with Gasteiger partial charge in [0.25, 0.3) is 5.69 Å². The van der Waals surface area contributed by atoms with Gasteiger partial charge in [0.2, 0.25) is 0 Å². The van der Waals surface area contributed by atoms with E-state index >= 15 is 0 Å². The molecule has 0 fully saturated rings. The third-order valence-electron chi connectivity index (χ3n) is 2.60. The van der Waals surface area contributed by atoms with Gasteiger partial charge in [-0.1, -0.05) is 18.2 Å². The van der Waals surface area contributed by atoms with Crippen LogP contribution in [0.5, 0.6) is 0 Å². The van der Waals surface area contributed by atoms with Gasteiger partial charge in [0.05, 0.1) is 27.2 Å². The number of rotatable bonds is 3. The van der Waals surface area contributed by atoms with Crippen LogP contribution in [-0.4, -0.2) is 14.7 Å². The van der Waals surface area contributed by atoms with E-state index in [0.29, 0.717) is 11.4 Å². The molecule has 0 saturated heterocycles. The van der Waals surface area contributed by atoms with Crippen molar-refractivity contribution in [2.45, 2.75) is 13.5 Å². The fourth-order valence-electron chi connectivity index (χ4n) is 1.68. The van der Waals surface area contributed by atoms with Gasteiger partial charge in [0.1, 0.15) is 5.82 Å². The van der Waals surface area contributed by atoms with Gasteiger partial charge in [-0.05, 0) is 22.9 Å². The molecule has 7 heteroatoms. The predicted octanol–water partition coefficient (Wildman–Crippen LogP) is 2.49. The van der Waals surface area contributed by atoms with Gasteiger partial charge >= 0.3 is 0 Å². The number of nitro groups is 1. The smallest absolute Gasteiger partial charge is 0.274 e. The van der Waals surface area contributed by atoms with Crippen molar-refractivity contribution in [3.05, 3.63) is 50.1 Å². The number of nitro benzene ring substituents is 1. The van der Waals surface area contributed by atoms with Crippen LogP contribution in [0, 0.1) is 17.0 Å². The Hall–Kier alpha value is -1.89. The molecule has 0 saturated carbocycles. The van der Waals surface area contributed by atoms with E-state index in [2.05, 4.69) is 21.0 Å². The maximum atomic E-state index is 10.9. The predicted molar refractivity (Wildman–Crippen MR) is 71.3 cm³/mol. The van der Waals surface area contributed by atoms with Crippen LogP contribution in [0.4, 0.5) is 11.5 Å². The molecule has 0 radical (unpaired) electrons. The van der Waals surface area contributed by atoms with Crippen LogP contribution < -0.4 is 5.73 Å². The molecule has 0 aliphatic heterocycles. The zero-order chi connectivity index (χ0) is 13.3. The largest absolute Gasteiger partial charge is 0.383 e. The molecule has 0 aliphatic rings. The molecule has 1 aromatic heterocycles. The lowest BCUT2D eigenvalue weighted by molar-refractivity contribution is -0.385. The number of nitrogens with zero attached hydrogens (tertiary/aromatic N) is 3. The number of nitrogens with two attached hydrogens (primary N) is 1. The van der Waals surface area contributed by atoms with Crippen LogP contribution in [0.25, 0.3) is 0 Å². The van der Waals surface area contributed by atoms with Crippen molar-refractivity contribution in [1.29, 1.82) is 0 Å². The molecule has 0 unspecified atom stereocenters. The summed E-state index contributed by atoms with van der Waals surface area (Å²) in [6.45, 7) is 2.09. The van der Waals surface area contributed by atoms with Gasteiger partial charge in [-0.3, -0.25) is 10.1 Å². The van der Waals surface area contributed by atoms with Crippen LogP contribution in [0.2, 0.25) is 0 Å². The molecule has 0 spiro atoms. The van der Waals surface area contributed by atoms with E-state index in [9.17, 15) is 10.1 Å². The topological polar surface area (TPSA) is 87.0 Å². The van der Waals surface area contributed by atoms with Gasteiger partial charge in [0, 0.05) is 6.07 Å². The highest BCUT2D eigenvalue weighted by Gasteiger charge is 2.16. The number of halogens is 1. The Morgan fingerprint density at radius 2 is 2.17 bits per heavy atom. The number of para-hydroxylation sites is 1. The van der Waals surface area contributed by atoms with E-state index in [4.69, 9.17) is 5.73 Å². The van der Waals surface area contributed by atoms with Gasteiger partial charge in [-0.2, -0.15) is 5.10 Å². The van der Waals surface area contributed by atoms with Crippen LogP contribution >= 0.6 is 15.9 Å². The zero-order valence-electron chi connectivity index (χ0n) is 9.63. The molecule has 6 nitrogen and oxygen atoms in total. The van der Waals surface area contributed by atoms with Crippen molar-refractivity contribution in [1.82, 2.24) is 9.78 Å². The van der Waals surface area contributed by atoms with Gasteiger partial charge in [0.15, 0.2) is 0 Å². The number of benzene rings is 1. The molecule has 2 aromatic rings. The van der Waals surface area contributed by atoms with Gasteiger partial charge in [-0.25, -0.2) is 4.68 Å². The van der Waals surface area contributed by atoms with Crippen LogP contribution in [0.3, 0.4) is 0 Å². The molecule has 94 valence electrons. The van der Waals surface area contributed by atoms with Crippen molar-refractivity contribution in [3.63, 3.8) is 0 Å². The first kappa shape index (κ1) is 12.6. The fraction of sp³-hybridized carbons (Fsp3) is 0.182. The van der Waals surface area contributed by atoms with E-state index in [0.717, 1.165) is 10.2 Å². The molecule has 0 aliphatic carbocycles. The van der Waals surface area contributed by atoms with Crippen LogP contribution in [0.15, 0.2) is 28.7 Å². The lowest BCUT2D eigenvalue weighted by atomic mass is 10.2. The van der Waals surface area contributed by atoms with E-state index in [1.165, 1.54) is 6.07 Å². The van der Waals surface area contributed by atoms with E-state index < -0.39 is 4.92 Å².